The number of hydrogen-bond acceptors (Lipinski definition) is 2. The van der Waals surface area contributed by atoms with Crippen molar-refractivity contribution in [3.8, 4) is 5.75 Å². The van der Waals surface area contributed by atoms with Crippen LogP contribution < -0.4 is 4.74 Å². The Hall–Kier alpha value is -3.01. The summed E-state index contributed by atoms with van der Waals surface area (Å²) < 4.78 is 34.1. The molecule has 156 valence electrons. The summed E-state index contributed by atoms with van der Waals surface area (Å²) in [6.07, 6.45) is 2.78. The fourth-order valence-corrected chi connectivity index (χ4v) is 3.57. The summed E-state index contributed by atoms with van der Waals surface area (Å²) in [4.78, 5) is 10.7. The minimum absolute atomic E-state index is 0.149. The average molecular weight is 408 g/mol. The minimum Gasteiger partial charge on any atom is -0.494 e. The number of aryl methyl sites for hydroxylation is 2. The smallest absolute Gasteiger partial charge is 0.150 e. The number of carbonyl (C=O) groups excluding carboxylic acids is 1. The molecule has 0 aliphatic heterocycles. The van der Waals surface area contributed by atoms with Crippen molar-refractivity contribution in [1.29, 1.82) is 0 Å². The Balaban J connectivity index is 1.69. The van der Waals surface area contributed by atoms with Gasteiger partial charge in [-0.3, -0.25) is 4.79 Å². The zero-order valence-corrected chi connectivity index (χ0v) is 17.3. The van der Waals surface area contributed by atoms with Gasteiger partial charge in [0.25, 0.3) is 0 Å². The second-order valence-corrected chi connectivity index (χ2v) is 7.66. The third kappa shape index (κ3) is 5.76. The Bertz CT molecular complexity index is 996. The second kappa shape index (κ2) is 10.1. The van der Waals surface area contributed by atoms with E-state index in [1.54, 1.807) is 24.3 Å². The van der Waals surface area contributed by atoms with Crippen molar-refractivity contribution in [3.63, 3.8) is 0 Å². The summed E-state index contributed by atoms with van der Waals surface area (Å²) in [6.45, 7) is 4.57. The summed E-state index contributed by atoms with van der Waals surface area (Å²) in [5.41, 5.74) is 4.51. The van der Waals surface area contributed by atoms with Gasteiger partial charge in [-0.15, -0.1) is 0 Å². The summed E-state index contributed by atoms with van der Waals surface area (Å²) in [6, 6.07) is 16.8. The van der Waals surface area contributed by atoms with Gasteiger partial charge in [-0.25, -0.2) is 8.78 Å². The van der Waals surface area contributed by atoms with Crippen molar-refractivity contribution < 1.29 is 18.3 Å². The molecule has 0 unspecified atom stereocenters. The maximum atomic E-state index is 14.5. The Morgan fingerprint density at radius 3 is 2.40 bits per heavy atom. The van der Waals surface area contributed by atoms with E-state index in [0.717, 1.165) is 17.9 Å². The van der Waals surface area contributed by atoms with Gasteiger partial charge in [0.15, 0.2) is 0 Å². The van der Waals surface area contributed by atoms with Crippen LogP contribution in [0.25, 0.3) is 0 Å². The number of rotatable bonds is 9. The van der Waals surface area contributed by atoms with Crippen molar-refractivity contribution in [3.05, 3.63) is 100 Å². The highest BCUT2D eigenvalue weighted by molar-refractivity contribution is 5.74. The molecule has 0 aliphatic rings. The standard InChI is InChI=1S/C26H26F2O2/c1-18-5-6-21(14-19(18)2)15-22(25-16-23(27)9-12-26(25)28)4-3-13-30-24-10-7-20(17-29)8-11-24/h5-12,14,16-17,22H,3-4,13,15H2,1-2H3/t22-/m1/s1. The van der Waals surface area contributed by atoms with Gasteiger partial charge in [0, 0.05) is 5.56 Å². The Labute approximate surface area is 176 Å². The highest BCUT2D eigenvalue weighted by Gasteiger charge is 2.18. The molecule has 0 heterocycles. The van der Waals surface area contributed by atoms with E-state index in [-0.39, 0.29) is 11.7 Å². The van der Waals surface area contributed by atoms with Crippen LogP contribution in [0.15, 0.2) is 60.7 Å². The Morgan fingerprint density at radius 1 is 0.933 bits per heavy atom. The molecule has 4 heteroatoms. The molecule has 2 nitrogen and oxygen atoms in total. The molecule has 0 bridgehead atoms. The normalized spacial score (nSPS) is 11.9. The van der Waals surface area contributed by atoms with Gasteiger partial charge >= 0.3 is 0 Å². The third-order valence-electron chi connectivity index (χ3n) is 5.43. The number of aldehydes is 1. The van der Waals surface area contributed by atoms with Crippen molar-refractivity contribution in [2.24, 2.45) is 0 Å². The van der Waals surface area contributed by atoms with E-state index in [4.69, 9.17) is 4.74 Å². The SMILES string of the molecule is Cc1ccc(C[C@@H](CCCOc2ccc(C=O)cc2)c2cc(F)ccc2F)cc1C. The van der Waals surface area contributed by atoms with Gasteiger partial charge in [-0.05, 0) is 104 Å². The monoisotopic (exact) mass is 408 g/mol. The first kappa shape index (κ1) is 21.7. The molecule has 0 amide bonds. The van der Waals surface area contributed by atoms with Gasteiger partial charge < -0.3 is 4.74 Å². The first-order valence-electron chi connectivity index (χ1n) is 10.2. The lowest BCUT2D eigenvalue weighted by atomic mass is 9.87. The number of ether oxygens (including phenoxy) is 1. The number of hydrogen-bond donors (Lipinski definition) is 0. The maximum absolute atomic E-state index is 14.5. The van der Waals surface area contributed by atoms with Gasteiger partial charge in [-0.2, -0.15) is 0 Å². The summed E-state index contributed by atoms with van der Waals surface area (Å²) in [5.74, 6) is -0.273. The van der Waals surface area contributed by atoms with Crippen LogP contribution in [0.3, 0.4) is 0 Å². The summed E-state index contributed by atoms with van der Waals surface area (Å²) >= 11 is 0. The number of carbonyl (C=O) groups is 1. The average Bonchev–Trinajstić information content (AvgIpc) is 2.75. The lowest BCUT2D eigenvalue weighted by Gasteiger charge is -2.19. The lowest BCUT2D eigenvalue weighted by Crippen LogP contribution is -2.09. The van der Waals surface area contributed by atoms with Crippen LogP contribution in [-0.2, 0) is 6.42 Å². The molecule has 0 aliphatic carbocycles. The van der Waals surface area contributed by atoms with Crippen LogP contribution in [0.5, 0.6) is 5.75 Å². The van der Waals surface area contributed by atoms with Crippen molar-refractivity contribution in [1.82, 2.24) is 0 Å². The van der Waals surface area contributed by atoms with Crippen molar-refractivity contribution in [2.75, 3.05) is 6.61 Å². The molecular formula is C26H26F2O2. The van der Waals surface area contributed by atoms with Crippen LogP contribution in [0.1, 0.15) is 51.4 Å². The molecule has 3 aromatic rings. The van der Waals surface area contributed by atoms with E-state index >= 15 is 0 Å². The quantitative estimate of drug-likeness (QED) is 0.295. The Morgan fingerprint density at radius 2 is 1.70 bits per heavy atom. The molecule has 0 saturated heterocycles. The third-order valence-corrected chi connectivity index (χ3v) is 5.43. The molecule has 0 saturated carbocycles. The first-order valence-corrected chi connectivity index (χ1v) is 10.2. The maximum Gasteiger partial charge on any atom is 0.150 e. The first-order chi connectivity index (χ1) is 14.5. The molecule has 0 radical (unpaired) electrons. The highest BCUT2D eigenvalue weighted by Crippen LogP contribution is 2.29. The van der Waals surface area contributed by atoms with E-state index in [2.05, 4.69) is 32.0 Å². The topological polar surface area (TPSA) is 26.3 Å². The predicted octanol–water partition coefficient (Wildman–Crippen LogP) is 6.58. The van der Waals surface area contributed by atoms with Crippen LogP contribution in [-0.4, -0.2) is 12.9 Å². The van der Waals surface area contributed by atoms with Crippen LogP contribution in [0.4, 0.5) is 8.78 Å². The molecule has 30 heavy (non-hydrogen) atoms. The molecule has 1 atom stereocenters. The summed E-state index contributed by atoms with van der Waals surface area (Å²) in [7, 11) is 0. The molecule has 0 N–H and O–H groups in total. The zero-order valence-electron chi connectivity index (χ0n) is 17.3. The van der Waals surface area contributed by atoms with E-state index in [1.165, 1.54) is 23.3 Å². The van der Waals surface area contributed by atoms with E-state index < -0.39 is 5.82 Å². The molecule has 0 fully saturated rings. The molecule has 0 spiro atoms. The molecule has 3 aromatic carbocycles. The summed E-state index contributed by atoms with van der Waals surface area (Å²) in [5, 5.41) is 0. The van der Waals surface area contributed by atoms with Crippen LogP contribution >= 0.6 is 0 Å². The fraction of sp³-hybridized carbons (Fsp3) is 0.269. The highest BCUT2D eigenvalue weighted by atomic mass is 19.1. The van der Waals surface area contributed by atoms with Gasteiger partial charge in [0.1, 0.15) is 23.7 Å². The molecular weight excluding hydrogens is 382 g/mol. The second-order valence-electron chi connectivity index (χ2n) is 7.66. The van der Waals surface area contributed by atoms with Crippen LogP contribution in [0.2, 0.25) is 0 Å². The van der Waals surface area contributed by atoms with E-state index in [9.17, 15) is 13.6 Å². The number of benzene rings is 3. The van der Waals surface area contributed by atoms with Gasteiger partial charge in [0.2, 0.25) is 0 Å². The Kier molecular flexibility index (Phi) is 7.34. The minimum atomic E-state index is -0.428. The fourth-order valence-electron chi connectivity index (χ4n) is 3.57. The zero-order chi connectivity index (χ0) is 21.5. The predicted molar refractivity (Wildman–Crippen MR) is 115 cm³/mol. The largest absolute Gasteiger partial charge is 0.494 e. The van der Waals surface area contributed by atoms with Crippen LogP contribution in [0, 0.1) is 25.5 Å². The van der Waals surface area contributed by atoms with Gasteiger partial charge in [0.05, 0.1) is 6.61 Å². The van der Waals surface area contributed by atoms with E-state index in [0.29, 0.717) is 42.7 Å². The van der Waals surface area contributed by atoms with Gasteiger partial charge in [-0.1, -0.05) is 18.2 Å². The lowest BCUT2D eigenvalue weighted by molar-refractivity contribution is 0.112. The van der Waals surface area contributed by atoms with Crippen molar-refractivity contribution in [2.45, 2.75) is 39.0 Å². The van der Waals surface area contributed by atoms with E-state index in [1.807, 2.05) is 0 Å². The number of halogens is 2. The van der Waals surface area contributed by atoms with Crippen molar-refractivity contribution >= 4 is 6.29 Å². The molecule has 3 rings (SSSR count). The molecule has 0 aromatic heterocycles.